The highest BCUT2D eigenvalue weighted by molar-refractivity contribution is 5.94. The minimum Gasteiger partial charge on any atom is -0.491 e. The minimum atomic E-state index is -4.82. The summed E-state index contributed by atoms with van der Waals surface area (Å²) >= 11 is 0. The van der Waals surface area contributed by atoms with Gasteiger partial charge in [0.25, 0.3) is 11.5 Å². The Morgan fingerprint density at radius 3 is 2.56 bits per heavy atom. The third-order valence-electron chi connectivity index (χ3n) is 7.48. The molecule has 2 aliphatic rings. The van der Waals surface area contributed by atoms with Crippen LogP contribution in [0, 0.1) is 11.3 Å². The highest BCUT2D eigenvalue weighted by Gasteiger charge is 2.40. The number of hydrogen-bond acceptors (Lipinski definition) is 7. The van der Waals surface area contributed by atoms with Gasteiger partial charge in [-0.1, -0.05) is 18.2 Å². The van der Waals surface area contributed by atoms with Crippen molar-refractivity contribution in [3.63, 3.8) is 0 Å². The maximum absolute atomic E-state index is 13.6. The Morgan fingerprint density at radius 2 is 1.85 bits per heavy atom. The van der Waals surface area contributed by atoms with Crippen molar-refractivity contribution < 1.29 is 22.7 Å². The number of rotatable bonds is 7. The number of nitrogens with zero attached hydrogens (tertiary/aromatic N) is 5. The van der Waals surface area contributed by atoms with Crippen LogP contribution in [0.25, 0.3) is 0 Å². The van der Waals surface area contributed by atoms with Crippen LogP contribution in [0.4, 0.5) is 24.5 Å². The summed E-state index contributed by atoms with van der Waals surface area (Å²) in [6, 6.07) is 16.4. The van der Waals surface area contributed by atoms with Crippen molar-refractivity contribution in [1.82, 2.24) is 15.1 Å². The molecule has 9 nitrogen and oxygen atoms in total. The van der Waals surface area contributed by atoms with Crippen LogP contribution in [-0.4, -0.2) is 66.4 Å². The first-order valence-electron chi connectivity index (χ1n) is 13.4. The standard InChI is InChI=1S/C29H29F3N6O3/c30-29(31,32)26-25(18-34-35-27(26)39)38-12-2-4-23(38)19-41-24-5-1-3-21(17-24)28(40)37-15-13-36(14-16-37)22-8-6-20(7-9-22)10-11-33/h1,3,5-9,17-18,23H,2,4,10,12-16,19H2,(H,35,39). The predicted octanol–water partition coefficient (Wildman–Crippen LogP) is 3.86. The maximum atomic E-state index is 13.6. The first-order valence-corrected chi connectivity index (χ1v) is 13.4. The number of amides is 1. The average molecular weight is 567 g/mol. The molecule has 214 valence electrons. The molecule has 1 amide bonds. The topological polar surface area (TPSA) is 106 Å². The fourth-order valence-electron chi connectivity index (χ4n) is 5.38. The van der Waals surface area contributed by atoms with Gasteiger partial charge in [0.1, 0.15) is 17.9 Å². The number of nitrogens with one attached hydrogen (secondary N) is 1. The number of aromatic amines is 1. The number of carbonyl (C=O) groups excluding carboxylic acids is 1. The molecular weight excluding hydrogens is 537 g/mol. The number of hydrogen-bond donors (Lipinski definition) is 1. The van der Waals surface area contributed by atoms with Crippen LogP contribution in [0.2, 0.25) is 0 Å². The zero-order valence-corrected chi connectivity index (χ0v) is 22.2. The number of H-pyrrole nitrogens is 1. The van der Waals surface area contributed by atoms with Crippen molar-refractivity contribution in [2.75, 3.05) is 49.1 Å². The van der Waals surface area contributed by atoms with E-state index in [-0.39, 0.29) is 24.2 Å². The average Bonchev–Trinajstić information content (AvgIpc) is 3.44. The van der Waals surface area contributed by atoms with E-state index in [1.165, 1.54) is 4.90 Å². The number of halogens is 3. The summed E-state index contributed by atoms with van der Waals surface area (Å²) in [5, 5.41) is 14.3. The summed E-state index contributed by atoms with van der Waals surface area (Å²) in [5.41, 5.74) is -0.309. The van der Waals surface area contributed by atoms with Gasteiger partial charge in [-0.3, -0.25) is 9.59 Å². The Labute approximate surface area is 234 Å². The van der Waals surface area contributed by atoms with Gasteiger partial charge in [-0.25, -0.2) is 5.10 Å². The summed E-state index contributed by atoms with van der Waals surface area (Å²) in [7, 11) is 0. The molecule has 2 fully saturated rings. The van der Waals surface area contributed by atoms with Crippen LogP contribution in [0.3, 0.4) is 0 Å². The van der Waals surface area contributed by atoms with E-state index in [1.54, 1.807) is 29.2 Å². The SMILES string of the molecule is N#CCc1ccc(N2CCN(C(=O)c3cccc(OCC4CCCN4c4cn[nH]c(=O)c4C(F)(F)F)c3)CC2)cc1. The largest absolute Gasteiger partial charge is 0.491 e. The summed E-state index contributed by atoms with van der Waals surface area (Å²) < 4.78 is 46.8. The molecule has 1 atom stereocenters. The Morgan fingerprint density at radius 1 is 1.10 bits per heavy atom. The Balaban J connectivity index is 1.20. The highest BCUT2D eigenvalue weighted by Crippen LogP contribution is 2.36. The number of nitriles is 1. The molecule has 0 aliphatic carbocycles. The molecule has 5 rings (SSSR count). The minimum absolute atomic E-state index is 0.0908. The molecule has 2 saturated heterocycles. The molecule has 0 bridgehead atoms. The van der Waals surface area contributed by atoms with Crippen LogP contribution < -0.4 is 20.1 Å². The first-order chi connectivity index (χ1) is 19.7. The lowest BCUT2D eigenvalue weighted by molar-refractivity contribution is -0.138. The second-order valence-corrected chi connectivity index (χ2v) is 10.1. The molecule has 3 aromatic rings. The van der Waals surface area contributed by atoms with Crippen LogP contribution >= 0.6 is 0 Å². The third-order valence-corrected chi connectivity index (χ3v) is 7.48. The van der Waals surface area contributed by atoms with E-state index in [4.69, 9.17) is 10.00 Å². The zero-order valence-electron chi connectivity index (χ0n) is 22.2. The number of anilines is 2. The fourth-order valence-corrected chi connectivity index (χ4v) is 5.38. The van der Waals surface area contributed by atoms with E-state index in [9.17, 15) is 22.8 Å². The number of aromatic nitrogens is 2. The Kier molecular flexibility index (Phi) is 8.14. The van der Waals surface area contributed by atoms with Crippen LogP contribution in [0.5, 0.6) is 5.75 Å². The second kappa shape index (κ2) is 11.9. The van der Waals surface area contributed by atoms with Crippen molar-refractivity contribution in [1.29, 1.82) is 5.26 Å². The van der Waals surface area contributed by atoms with Crippen LogP contribution in [0.1, 0.15) is 34.3 Å². The van der Waals surface area contributed by atoms with Gasteiger partial charge in [0.05, 0.1) is 30.4 Å². The lowest BCUT2D eigenvalue weighted by atomic mass is 10.1. The highest BCUT2D eigenvalue weighted by atomic mass is 19.4. The van der Waals surface area contributed by atoms with Gasteiger partial charge in [-0.15, -0.1) is 0 Å². The molecule has 2 aromatic carbocycles. The normalized spacial score (nSPS) is 17.4. The van der Waals surface area contributed by atoms with E-state index >= 15 is 0 Å². The van der Waals surface area contributed by atoms with Gasteiger partial charge >= 0.3 is 6.18 Å². The summed E-state index contributed by atoms with van der Waals surface area (Å²) in [5.74, 6) is 0.324. The van der Waals surface area contributed by atoms with E-state index in [0.717, 1.165) is 17.4 Å². The number of alkyl halides is 3. The van der Waals surface area contributed by atoms with Crippen molar-refractivity contribution >= 4 is 17.3 Å². The molecule has 12 heteroatoms. The summed E-state index contributed by atoms with van der Waals surface area (Å²) in [6.45, 7) is 2.88. The molecule has 2 aliphatic heterocycles. The summed E-state index contributed by atoms with van der Waals surface area (Å²) in [4.78, 5) is 30.7. The van der Waals surface area contributed by atoms with Gasteiger partial charge in [0, 0.05) is 44.0 Å². The molecule has 1 N–H and O–H groups in total. The number of benzene rings is 2. The van der Waals surface area contributed by atoms with E-state index in [2.05, 4.69) is 16.1 Å². The van der Waals surface area contributed by atoms with E-state index in [0.29, 0.717) is 63.3 Å². The molecule has 41 heavy (non-hydrogen) atoms. The lowest BCUT2D eigenvalue weighted by Gasteiger charge is -2.36. The lowest BCUT2D eigenvalue weighted by Crippen LogP contribution is -2.48. The predicted molar refractivity (Wildman–Crippen MR) is 146 cm³/mol. The smallest absolute Gasteiger partial charge is 0.423 e. The maximum Gasteiger partial charge on any atom is 0.423 e. The monoisotopic (exact) mass is 566 g/mol. The van der Waals surface area contributed by atoms with E-state index in [1.807, 2.05) is 29.4 Å². The van der Waals surface area contributed by atoms with Crippen molar-refractivity contribution in [2.24, 2.45) is 0 Å². The third kappa shape index (κ3) is 6.29. The molecule has 1 aromatic heterocycles. The number of ether oxygens (including phenoxy) is 1. The number of piperazine rings is 1. The molecule has 1 unspecified atom stereocenters. The van der Waals surface area contributed by atoms with Gasteiger partial charge < -0.3 is 19.4 Å². The van der Waals surface area contributed by atoms with Crippen LogP contribution in [-0.2, 0) is 12.6 Å². The van der Waals surface area contributed by atoms with Gasteiger partial charge in [0.2, 0.25) is 0 Å². The molecular formula is C29H29F3N6O3. The molecule has 0 radical (unpaired) electrons. The van der Waals surface area contributed by atoms with Crippen LogP contribution in [0.15, 0.2) is 59.5 Å². The van der Waals surface area contributed by atoms with E-state index < -0.39 is 17.3 Å². The Hall–Kier alpha value is -4.53. The van der Waals surface area contributed by atoms with Crippen molar-refractivity contribution in [3.8, 4) is 11.8 Å². The summed E-state index contributed by atoms with van der Waals surface area (Å²) in [6.07, 6.45) is -2.18. The number of carbonyl (C=O) groups is 1. The fraction of sp³-hybridized carbons (Fsp3) is 0.379. The second-order valence-electron chi connectivity index (χ2n) is 10.1. The van der Waals surface area contributed by atoms with Crippen molar-refractivity contribution in [2.45, 2.75) is 31.5 Å². The first kappa shape index (κ1) is 28.0. The van der Waals surface area contributed by atoms with Gasteiger partial charge in [-0.2, -0.15) is 23.5 Å². The Bertz CT molecular complexity index is 1480. The quantitative estimate of drug-likeness (QED) is 0.463. The molecule has 3 heterocycles. The zero-order chi connectivity index (χ0) is 29.0. The van der Waals surface area contributed by atoms with Crippen molar-refractivity contribution in [3.05, 3.63) is 81.8 Å². The van der Waals surface area contributed by atoms with Gasteiger partial charge in [0.15, 0.2) is 0 Å². The molecule has 0 saturated carbocycles. The molecule has 0 spiro atoms. The van der Waals surface area contributed by atoms with Gasteiger partial charge in [-0.05, 0) is 48.7 Å².